The monoisotopic (exact) mass is 397 g/mol. The maximum absolute atomic E-state index is 12.5. The molecule has 2 rings (SSSR count). The van der Waals surface area contributed by atoms with Crippen molar-refractivity contribution in [1.29, 1.82) is 0 Å². The molecule has 0 unspecified atom stereocenters. The lowest BCUT2D eigenvalue weighted by molar-refractivity contribution is -0.136. The molecule has 0 saturated carbocycles. The van der Waals surface area contributed by atoms with E-state index in [0.29, 0.717) is 23.7 Å². The van der Waals surface area contributed by atoms with Crippen LogP contribution in [0.25, 0.3) is 0 Å². The van der Waals surface area contributed by atoms with Crippen LogP contribution in [-0.4, -0.2) is 42.3 Å². The molecule has 2 N–H and O–H groups in total. The fourth-order valence-electron chi connectivity index (χ4n) is 2.70. The van der Waals surface area contributed by atoms with E-state index in [2.05, 4.69) is 10.6 Å². The van der Waals surface area contributed by atoms with Gasteiger partial charge in [0.2, 0.25) is 11.8 Å². The Hall–Kier alpha value is -3.35. The molecule has 154 valence electrons. The third-order valence-corrected chi connectivity index (χ3v) is 4.46. The van der Waals surface area contributed by atoms with Crippen LogP contribution in [0, 0.1) is 13.8 Å². The Labute approximate surface area is 171 Å². The van der Waals surface area contributed by atoms with Gasteiger partial charge in [0.1, 0.15) is 5.75 Å². The number of likely N-dealkylation sites (N-methyl/N-ethyl adjacent to an activating group) is 1. The van der Waals surface area contributed by atoms with Crippen LogP contribution in [0.5, 0.6) is 5.75 Å². The molecule has 0 fully saturated rings. The summed E-state index contributed by atoms with van der Waals surface area (Å²) in [5, 5.41) is 5.40. The van der Waals surface area contributed by atoms with E-state index in [4.69, 9.17) is 4.74 Å². The molecule has 7 heteroatoms. The second-order valence-corrected chi connectivity index (χ2v) is 6.70. The number of carbonyl (C=O) groups is 3. The lowest BCUT2D eigenvalue weighted by Gasteiger charge is -2.21. The highest BCUT2D eigenvalue weighted by molar-refractivity contribution is 5.95. The smallest absolute Gasteiger partial charge is 0.260 e. The van der Waals surface area contributed by atoms with Crippen LogP contribution in [0.15, 0.2) is 42.5 Å². The minimum atomic E-state index is -0.306. The van der Waals surface area contributed by atoms with Gasteiger partial charge in [0.05, 0.1) is 6.54 Å². The molecular weight excluding hydrogens is 370 g/mol. The Morgan fingerprint density at radius 2 is 1.59 bits per heavy atom. The Morgan fingerprint density at radius 3 is 2.17 bits per heavy atom. The molecule has 29 heavy (non-hydrogen) atoms. The molecule has 0 aliphatic carbocycles. The summed E-state index contributed by atoms with van der Waals surface area (Å²) in [5.74, 6) is -0.0659. The Kier molecular flexibility index (Phi) is 7.77. The SMILES string of the molecule is CCN(CC(=O)Nc1ccc(NC(C)=O)cc1)C(=O)COc1cccc(C)c1C. The third kappa shape index (κ3) is 6.64. The van der Waals surface area contributed by atoms with Crippen LogP contribution in [0.4, 0.5) is 11.4 Å². The topological polar surface area (TPSA) is 87.7 Å². The first-order valence-corrected chi connectivity index (χ1v) is 9.44. The van der Waals surface area contributed by atoms with Gasteiger partial charge in [0.25, 0.3) is 5.91 Å². The summed E-state index contributed by atoms with van der Waals surface area (Å²) in [6.45, 7) is 7.35. The highest BCUT2D eigenvalue weighted by Crippen LogP contribution is 2.20. The van der Waals surface area contributed by atoms with Crippen molar-refractivity contribution in [3.8, 4) is 5.75 Å². The molecular formula is C22H27N3O4. The zero-order valence-electron chi connectivity index (χ0n) is 17.2. The predicted octanol–water partition coefficient (Wildman–Crippen LogP) is 3.13. The van der Waals surface area contributed by atoms with Crippen molar-refractivity contribution in [2.45, 2.75) is 27.7 Å². The molecule has 0 aliphatic heterocycles. The summed E-state index contributed by atoms with van der Waals surface area (Å²) >= 11 is 0. The fourth-order valence-corrected chi connectivity index (χ4v) is 2.70. The van der Waals surface area contributed by atoms with E-state index in [1.54, 1.807) is 24.3 Å². The average molecular weight is 397 g/mol. The number of benzene rings is 2. The van der Waals surface area contributed by atoms with Gasteiger partial charge in [-0.15, -0.1) is 0 Å². The first-order valence-electron chi connectivity index (χ1n) is 9.44. The summed E-state index contributed by atoms with van der Waals surface area (Å²) in [5.41, 5.74) is 3.30. The molecule has 7 nitrogen and oxygen atoms in total. The minimum absolute atomic E-state index is 0.0705. The van der Waals surface area contributed by atoms with Gasteiger partial charge in [-0.1, -0.05) is 12.1 Å². The molecule has 0 bridgehead atoms. The predicted molar refractivity (Wildman–Crippen MR) is 113 cm³/mol. The molecule has 2 aromatic rings. The van der Waals surface area contributed by atoms with Gasteiger partial charge in [0, 0.05) is 24.8 Å². The van der Waals surface area contributed by atoms with Gasteiger partial charge in [-0.25, -0.2) is 0 Å². The second-order valence-electron chi connectivity index (χ2n) is 6.70. The minimum Gasteiger partial charge on any atom is -0.483 e. The number of nitrogens with zero attached hydrogens (tertiary/aromatic N) is 1. The second kappa shape index (κ2) is 10.3. The van der Waals surface area contributed by atoms with Crippen LogP contribution >= 0.6 is 0 Å². The first-order chi connectivity index (χ1) is 13.8. The van der Waals surface area contributed by atoms with Crippen molar-refractivity contribution in [2.75, 3.05) is 30.3 Å². The Balaban J connectivity index is 1.89. The lowest BCUT2D eigenvalue weighted by atomic mass is 10.1. The number of aryl methyl sites for hydroxylation is 1. The van der Waals surface area contributed by atoms with Crippen LogP contribution in [-0.2, 0) is 14.4 Å². The van der Waals surface area contributed by atoms with Crippen LogP contribution in [0.3, 0.4) is 0 Å². The molecule has 0 aliphatic rings. The first kappa shape index (κ1) is 21.9. The number of anilines is 2. The summed E-state index contributed by atoms with van der Waals surface area (Å²) in [6, 6.07) is 12.4. The molecule has 0 saturated heterocycles. The van der Waals surface area contributed by atoms with Crippen molar-refractivity contribution >= 4 is 29.1 Å². The third-order valence-electron chi connectivity index (χ3n) is 4.46. The Bertz CT molecular complexity index is 878. The summed E-state index contributed by atoms with van der Waals surface area (Å²) in [6.07, 6.45) is 0. The average Bonchev–Trinajstić information content (AvgIpc) is 2.68. The number of hydrogen-bond acceptors (Lipinski definition) is 4. The molecule has 3 amide bonds. The number of hydrogen-bond donors (Lipinski definition) is 2. The van der Waals surface area contributed by atoms with E-state index in [1.165, 1.54) is 11.8 Å². The summed E-state index contributed by atoms with van der Waals surface area (Å²) in [7, 11) is 0. The zero-order valence-corrected chi connectivity index (χ0v) is 17.2. The highest BCUT2D eigenvalue weighted by atomic mass is 16.5. The number of ether oxygens (including phenoxy) is 1. The lowest BCUT2D eigenvalue weighted by Crippen LogP contribution is -2.40. The van der Waals surface area contributed by atoms with Crippen LogP contribution < -0.4 is 15.4 Å². The van der Waals surface area contributed by atoms with E-state index in [-0.39, 0.29) is 30.9 Å². The van der Waals surface area contributed by atoms with Gasteiger partial charge >= 0.3 is 0 Å². The van der Waals surface area contributed by atoms with E-state index < -0.39 is 0 Å². The number of rotatable bonds is 8. The van der Waals surface area contributed by atoms with Gasteiger partial charge in [0.15, 0.2) is 6.61 Å². The fraction of sp³-hybridized carbons (Fsp3) is 0.318. The van der Waals surface area contributed by atoms with Crippen LogP contribution in [0.1, 0.15) is 25.0 Å². The molecule has 0 atom stereocenters. The molecule has 0 spiro atoms. The van der Waals surface area contributed by atoms with Gasteiger partial charge in [-0.05, 0) is 62.2 Å². The van der Waals surface area contributed by atoms with Gasteiger partial charge < -0.3 is 20.3 Å². The number of amides is 3. The van der Waals surface area contributed by atoms with Crippen molar-refractivity contribution in [2.24, 2.45) is 0 Å². The van der Waals surface area contributed by atoms with Crippen LogP contribution in [0.2, 0.25) is 0 Å². The van der Waals surface area contributed by atoms with Crippen molar-refractivity contribution < 1.29 is 19.1 Å². The standard InChI is InChI=1S/C22H27N3O4/c1-5-25(22(28)14-29-20-8-6-7-15(2)16(20)3)13-21(27)24-19-11-9-18(10-12-19)23-17(4)26/h6-12H,5,13-14H2,1-4H3,(H,23,26)(H,24,27). The molecule has 0 radical (unpaired) electrons. The van der Waals surface area contributed by atoms with Gasteiger partial charge in [-0.2, -0.15) is 0 Å². The quantitative estimate of drug-likeness (QED) is 0.716. The maximum Gasteiger partial charge on any atom is 0.260 e. The normalized spacial score (nSPS) is 10.2. The van der Waals surface area contributed by atoms with E-state index in [9.17, 15) is 14.4 Å². The van der Waals surface area contributed by atoms with E-state index in [0.717, 1.165) is 11.1 Å². The largest absolute Gasteiger partial charge is 0.483 e. The zero-order chi connectivity index (χ0) is 21.4. The number of carbonyl (C=O) groups excluding carboxylic acids is 3. The van der Waals surface area contributed by atoms with E-state index >= 15 is 0 Å². The maximum atomic E-state index is 12.5. The highest BCUT2D eigenvalue weighted by Gasteiger charge is 2.17. The molecule has 0 heterocycles. The summed E-state index contributed by atoms with van der Waals surface area (Å²) < 4.78 is 5.65. The van der Waals surface area contributed by atoms with Crippen molar-refractivity contribution in [1.82, 2.24) is 4.90 Å². The number of nitrogens with one attached hydrogen (secondary N) is 2. The van der Waals surface area contributed by atoms with Crippen molar-refractivity contribution in [3.05, 3.63) is 53.6 Å². The Morgan fingerprint density at radius 1 is 0.966 bits per heavy atom. The molecule has 0 aromatic heterocycles. The molecule has 2 aromatic carbocycles. The van der Waals surface area contributed by atoms with Crippen molar-refractivity contribution in [3.63, 3.8) is 0 Å². The van der Waals surface area contributed by atoms with Gasteiger partial charge in [-0.3, -0.25) is 14.4 Å². The summed E-state index contributed by atoms with van der Waals surface area (Å²) in [4.78, 5) is 37.2. The van der Waals surface area contributed by atoms with E-state index in [1.807, 2.05) is 39.0 Å².